The first-order chi connectivity index (χ1) is 17.2. The van der Waals surface area contributed by atoms with Gasteiger partial charge < -0.3 is 24.4 Å². The fourth-order valence-electron chi connectivity index (χ4n) is 4.24. The van der Waals surface area contributed by atoms with Gasteiger partial charge in [-0.15, -0.1) is 0 Å². The second-order valence-electron chi connectivity index (χ2n) is 8.46. The highest BCUT2D eigenvalue weighted by atomic mass is 16.6. The Morgan fingerprint density at radius 2 is 1.00 bits per heavy atom. The van der Waals surface area contributed by atoms with Crippen LogP contribution in [-0.4, -0.2) is 46.8 Å². The van der Waals surface area contributed by atoms with E-state index in [1.54, 1.807) is 0 Å². The van der Waals surface area contributed by atoms with E-state index in [9.17, 15) is 15.7 Å². The molecule has 0 aromatic heterocycles. The van der Waals surface area contributed by atoms with E-state index >= 15 is 0 Å². The molecule has 3 aromatic rings. The molecule has 1 fully saturated rings. The molecule has 35 heavy (non-hydrogen) atoms. The second kappa shape index (κ2) is 12.5. The van der Waals surface area contributed by atoms with Crippen molar-refractivity contribution in [1.29, 1.82) is 0 Å². The van der Waals surface area contributed by atoms with Crippen LogP contribution in [-0.2, 0) is 34.0 Å². The van der Waals surface area contributed by atoms with E-state index in [2.05, 4.69) is 10.0 Å². The topological polar surface area (TPSA) is 117 Å². The third-order valence-corrected chi connectivity index (χ3v) is 6.06. The van der Waals surface area contributed by atoms with Gasteiger partial charge in [0.1, 0.15) is 18.3 Å². The van der Waals surface area contributed by atoms with Crippen molar-refractivity contribution in [1.82, 2.24) is 0 Å². The van der Waals surface area contributed by atoms with Gasteiger partial charge in [0.15, 0.2) is 0 Å². The van der Waals surface area contributed by atoms with Gasteiger partial charge in [-0.3, -0.25) is 0 Å². The number of rotatable bonds is 10. The molecule has 1 saturated carbocycles. The summed E-state index contributed by atoms with van der Waals surface area (Å²) in [6, 6.07) is 27.6. The minimum Gasteiger partial charge on any atom is -0.390 e. The number of ether oxygens (including phenoxy) is 3. The van der Waals surface area contributed by atoms with E-state index in [4.69, 9.17) is 14.2 Å². The molecule has 0 heterocycles. The van der Waals surface area contributed by atoms with Gasteiger partial charge in [-0.25, -0.2) is 0 Å². The summed E-state index contributed by atoms with van der Waals surface area (Å²) >= 11 is 0. The van der Waals surface area contributed by atoms with E-state index < -0.39 is 36.6 Å². The van der Waals surface area contributed by atoms with Gasteiger partial charge >= 0.3 is 0 Å². The monoisotopic (exact) mass is 475 g/mol. The predicted molar refractivity (Wildman–Crippen MR) is 130 cm³/mol. The third kappa shape index (κ3) is 6.46. The molecular weight excluding hydrogens is 446 g/mol. The Bertz CT molecular complexity index is 1080. The highest BCUT2D eigenvalue weighted by Gasteiger charge is 2.51. The lowest BCUT2D eigenvalue weighted by atomic mass is 9.83. The molecule has 182 valence electrons. The van der Waals surface area contributed by atoms with Crippen LogP contribution < -0.4 is 0 Å². The van der Waals surface area contributed by atoms with E-state index in [-0.39, 0.29) is 19.8 Å². The van der Waals surface area contributed by atoms with Crippen LogP contribution in [0.1, 0.15) is 16.7 Å². The number of nitrogens with zero attached hydrogens (tertiary/aromatic N) is 3. The molecule has 3 aromatic carbocycles. The van der Waals surface area contributed by atoms with Crippen molar-refractivity contribution in [2.45, 2.75) is 56.4 Å². The Hall–Kier alpha value is -3.23. The third-order valence-electron chi connectivity index (χ3n) is 6.06. The second-order valence-corrected chi connectivity index (χ2v) is 8.46. The SMILES string of the molecule is [N-]=[N+]=N[C@H]1[C@H](O)[C@H](O)[C@@H](OCc2ccccc2)[C@H](OCc2ccccc2)[C@H]1OCc1ccccc1. The largest absolute Gasteiger partial charge is 0.390 e. The molecule has 1 aliphatic rings. The van der Waals surface area contributed by atoms with Crippen molar-refractivity contribution in [2.24, 2.45) is 5.11 Å². The summed E-state index contributed by atoms with van der Waals surface area (Å²) in [6.07, 6.45) is -5.30. The first-order valence-electron chi connectivity index (χ1n) is 11.5. The average Bonchev–Trinajstić information content (AvgIpc) is 2.91. The maximum Gasteiger partial charge on any atom is 0.115 e. The molecule has 0 aliphatic heterocycles. The average molecular weight is 476 g/mol. The summed E-state index contributed by atoms with van der Waals surface area (Å²) in [4.78, 5) is 2.90. The Labute approximate surface area is 204 Å². The van der Waals surface area contributed by atoms with Gasteiger partial charge in [0.25, 0.3) is 0 Å². The Morgan fingerprint density at radius 1 is 0.600 bits per heavy atom. The van der Waals surface area contributed by atoms with Gasteiger partial charge in [0.05, 0.1) is 38.1 Å². The summed E-state index contributed by atoms with van der Waals surface area (Å²) in [5.41, 5.74) is 11.9. The highest BCUT2D eigenvalue weighted by molar-refractivity contribution is 5.16. The molecule has 8 heteroatoms. The van der Waals surface area contributed by atoms with Gasteiger partial charge in [0.2, 0.25) is 0 Å². The molecule has 0 amide bonds. The highest BCUT2D eigenvalue weighted by Crippen LogP contribution is 2.32. The van der Waals surface area contributed by atoms with Gasteiger partial charge in [-0.05, 0) is 22.2 Å². The molecule has 2 N–H and O–H groups in total. The number of benzene rings is 3. The van der Waals surface area contributed by atoms with Crippen LogP contribution in [0.25, 0.3) is 10.4 Å². The molecule has 0 unspecified atom stereocenters. The zero-order chi connectivity index (χ0) is 24.5. The lowest BCUT2D eigenvalue weighted by Gasteiger charge is -2.45. The van der Waals surface area contributed by atoms with Crippen LogP contribution in [0, 0.1) is 0 Å². The van der Waals surface area contributed by atoms with Gasteiger partial charge in [-0.2, -0.15) is 0 Å². The van der Waals surface area contributed by atoms with Crippen LogP contribution in [0.4, 0.5) is 0 Å². The first-order valence-corrected chi connectivity index (χ1v) is 11.5. The molecule has 6 atom stereocenters. The standard InChI is InChI=1S/C27H29N3O5/c28-30-29-22-23(31)24(32)26(34-17-20-12-6-2-7-13-20)27(35-18-21-14-8-3-9-15-21)25(22)33-16-19-10-4-1-5-11-19/h1-15,22-27,31-32H,16-18H2/t22-,23-,24-,25-,26+,27+/m0/s1. The van der Waals surface area contributed by atoms with Crippen molar-refractivity contribution in [3.63, 3.8) is 0 Å². The van der Waals surface area contributed by atoms with Crippen molar-refractivity contribution in [2.75, 3.05) is 0 Å². The lowest BCUT2D eigenvalue weighted by molar-refractivity contribution is -0.234. The quantitative estimate of drug-likeness (QED) is 0.259. The van der Waals surface area contributed by atoms with Gasteiger partial charge in [-0.1, -0.05) is 96.1 Å². The minimum absolute atomic E-state index is 0.206. The molecule has 0 saturated heterocycles. The van der Waals surface area contributed by atoms with Crippen molar-refractivity contribution >= 4 is 0 Å². The fraction of sp³-hybridized carbons (Fsp3) is 0.333. The fourth-order valence-corrected chi connectivity index (χ4v) is 4.24. The van der Waals surface area contributed by atoms with E-state index in [0.29, 0.717) is 0 Å². The zero-order valence-corrected chi connectivity index (χ0v) is 19.2. The van der Waals surface area contributed by atoms with E-state index in [1.807, 2.05) is 91.0 Å². The van der Waals surface area contributed by atoms with Gasteiger partial charge in [0, 0.05) is 4.91 Å². The van der Waals surface area contributed by atoms with Crippen molar-refractivity contribution < 1.29 is 24.4 Å². The Kier molecular flexibility index (Phi) is 8.86. The van der Waals surface area contributed by atoms with Crippen molar-refractivity contribution in [3.05, 3.63) is 118 Å². The molecule has 0 spiro atoms. The molecular formula is C27H29N3O5. The maximum atomic E-state index is 11.0. The molecule has 0 bridgehead atoms. The van der Waals surface area contributed by atoms with Crippen LogP contribution in [0.2, 0.25) is 0 Å². The number of hydrogen-bond donors (Lipinski definition) is 2. The number of hydrogen-bond acceptors (Lipinski definition) is 6. The van der Waals surface area contributed by atoms with Crippen LogP contribution in [0.3, 0.4) is 0 Å². The van der Waals surface area contributed by atoms with Crippen molar-refractivity contribution in [3.8, 4) is 0 Å². The van der Waals surface area contributed by atoms with Crippen LogP contribution in [0.5, 0.6) is 0 Å². The van der Waals surface area contributed by atoms with Crippen LogP contribution >= 0.6 is 0 Å². The maximum absolute atomic E-state index is 11.0. The first kappa shape index (κ1) is 24.9. The van der Waals surface area contributed by atoms with E-state index in [1.165, 1.54) is 0 Å². The summed E-state index contributed by atoms with van der Waals surface area (Å²) in [7, 11) is 0. The molecule has 1 aliphatic carbocycles. The zero-order valence-electron chi connectivity index (χ0n) is 19.2. The Balaban J connectivity index is 1.61. The lowest BCUT2D eigenvalue weighted by Crippen LogP contribution is -2.65. The molecule has 0 radical (unpaired) electrons. The molecule has 4 rings (SSSR count). The smallest absolute Gasteiger partial charge is 0.115 e. The number of aliphatic hydroxyl groups excluding tert-OH is 2. The Morgan fingerprint density at radius 3 is 1.43 bits per heavy atom. The van der Waals surface area contributed by atoms with E-state index in [0.717, 1.165) is 16.7 Å². The summed E-state index contributed by atoms with van der Waals surface area (Å²) in [5.74, 6) is 0. The number of aliphatic hydroxyl groups is 2. The number of azide groups is 1. The minimum atomic E-state index is -1.39. The summed E-state index contributed by atoms with van der Waals surface area (Å²) in [6.45, 7) is 0.647. The summed E-state index contributed by atoms with van der Waals surface area (Å²) in [5, 5.41) is 25.6. The van der Waals surface area contributed by atoms with Crippen LogP contribution in [0.15, 0.2) is 96.1 Å². The summed E-state index contributed by atoms with van der Waals surface area (Å²) < 4.78 is 18.6. The molecule has 8 nitrogen and oxygen atoms in total. The predicted octanol–water partition coefficient (Wildman–Crippen LogP) is 4.16. The normalized spacial score (nSPS) is 26.1.